The molecule has 1 aliphatic carbocycles. The van der Waals surface area contributed by atoms with Gasteiger partial charge in [0.25, 0.3) is 0 Å². The predicted molar refractivity (Wildman–Crippen MR) is 74.2 cm³/mol. The summed E-state index contributed by atoms with van der Waals surface area (Å²) in [7, 11) is 0. The molecule has 2 rings (SSSR count). The summed E-state index contributed by atoms with van der Waals surface area (Å²) < 4.78 is 0. The zero-order valence-electron chi connectivity index (χ0n) is 11.2. The molecule has 98 valence electrons. The fourth-order valence-electron chi connectivity index (χ4n) is 2.53. The van der Waals surface area contributed by atoms with Crippen molar-refractivity contribution in [1.29, 1.82) is 0 Å². The van der Waals surface area contributed by atoms with Crippen molar-refractivity contribution >= 4 is 0 Å². The first-order valence-electron chi connectivity index (χ1n) is 7.10. The van der Waals surface area contributed by atoms with Crippen molar-refractivity contribution < 1.29 is 0 Å². The van der Waals surface area contributed by atoms with Crippen molar-refractivity contribution in [3.8, 4) is 0 Å². The zero-order chi connectivity index (χ0) is 12.6. The normalized spacial score (nSPS) is 17.9. The summed E-state index contributed by atoms with van der Waals surface area (Å²) in [6.07, 6.45) is 13.7. The van der Waals surface area contributed by atoms with Gasteiger partial charge in [0.15, 0.2) is 0 Å². The van der Waals surface area contributed by atoms with Gasteiger partial charge in [-0.05, 0) is 50.3 Å². The molecule has 3 nitrogen and oxygen atoms in total. The summed E-state index contributed by atoms with van der Waals surface area (Å²) in [6.45, 7) is 3.25. The summed E-state index contributed by atoms with van der Waals surface area (Å²) >= 11 is 0. The lowest BCUT2D eigenvalue weighted by molar-refractivity contribution is 0.564. The van der Waals surface area contributed by atoms with E-state index in [0.29, 0.717) is 6.04 Å². The van der Waals surface area contributed by atoms with Gasteiger partial charge in [-0.2, -0.15) is 10.2 Å². The number of hydrogen-bond donors (Lipinski definition) is 1. The van der Waals surface area contributed by atoms with Crippen molar-refractivity contribution in [3.63, 3.8) is 0 Å². The monoisotopic (exact) mass is 245 g/mol. The van der Waals surface area contributed by atoms with Crippen LogP contribution in [0.25, 0.3) is 0 Å². The SMILES string of the molecule is CCCNC(C1=CCCCCC1)c1ccnnc1. The summed E-state index contributed by atoms with van der Waals surface area (Å²) in [5.41, 5.74) is 2.78. The Bertz CT molecular complexity index is 373. The van der Waals surface area contributed by atoms with Crippen LogP contribution in [0.5, 0.6) is 0 Å². The molecule has 0 aliphatic heterocycles. The topological polar surface area (TPSA) is 37.8 Å². The molecule has 0 fully saturated rings. The lowest BCUT2D eigenvalue weighted by Crippen LogP contribution is -2.24. The smallest absolute Gasteiger partial charge is 0.0552 e. The van der Waals surface area contributed by atoms with Crippen molar-refractivity contribution in [2.45, 2.75) is 51.5 Å². The van der Waals surface area contributed by atoms with E-state index in [2.05, 4.69) is 34.6 Å². The minimum Gasteiger partial charge on any atom is -0.306 e. The number of allylic oxidation sites excluding steroid dienone is 1. The van der Waals surface area contributed by atoms with E-state index >= 15 is 0 Å². The minimum absolute atomic E-state index is 0.332. The molecular weight excluding hydrogens is 222 g/mol. The number of rotatable bonds is 5. The van der Waals surface area contributed by atoms with Gasteiger partial charge in [0.2, 0.25) is 0 Å². The maximum Gasteiger partial charge on any atom is 0.0552 e. The molecule has 0 radical (unpaired) electrons. The predicted octanol–water partition coefficient (Wildman–Crippen LogP) is 3.41. The summed E-state index contributed by atoms with van der Waals surface area (Å²) in [4.78, 5) is 0. The second kappa shape index (κ2) is 7.27. The highest BCUT2D eigenvalue weighted by Gasteiger charge is 2.17. The van der Waals surface area contributed by atoms with Crippen molar-refractivity contribution in [3.05, 3.63) is 35.7 Å². The molecule has 1 aromatic heterocycles. The quantitative estimate of drug-likeness (QED) is 0.808. The van der Waals surface area contributed by atoms with Crippen LogP contribution >= 0.6 is 0 Å². The average Bonchev–Trinajstić information content (AvgIpc) is 2.70. The lowest BCUT2D eigenvalue weighted by atomic mass is 9.96. The minimum atomic E-state index is 0.332. The third kappa shape index (κ3) is 3.64. The van der Waals surface area contributed by atoms with E-state index in [9.17, 15) is 0 Å². The molecule has 0 bridgehead atoms. The van der Waals surface area contributed by atoms with Gasteiger partial charge in [0, 0.05) is 6.20 Å². The Morgan fingerprint density at radius 3 is 3.00 bits per heavy atom. The summed E-state index contributed by atoms with van der Waals surface area (Å²) in [5, 5.41) is 11.5. The Morgan fingerprint density at radius 1 is 1.28 bits per heavy atom. The van der Waals surface area contributed by atoms with Gasteiger partial charge in [-0.3, -0.25) is 0 Å². The van der Waals surface area contributed by atoms with E-state index in [4.69, 9.17) is 0 Å². The molecule has 3 heteroatoms. The van der Waals surface area contributed by atoms with Crippen molar-refractivity contribution in [1.82, 2.24) is 15.5 Å². The third-order valence-corrected chi connectivity index (χ3v) is 3.49. The van der Waals surface area contributed by atoms with Crippen LogP contribution in [0, 0.1) is 0 Å². The van der Waals surface area contributed by atoms with Crippen molar-refractivity contribution in [2.75, 3.05) is 6.54 Å². The van der Waals surface area contributed by atoms with Crippen molar-refractivity contribution in [2.24, 2.45) is 0 Å². The molecule has 1 atom stereocenters. The maximum absolute atomic E-state index is 4.01. The molecule has 1 unspecified atom stereocenters. The third-order valence-electron chi connectivity index (χ3n) is 3.49. The first kappa shape index (κ1) is 13.2. The van der Waals surface area contributed by atoms with Crippen LogP contribution in [0.1, 0.15) is 57.1 Å². The molecule has 18 heavy (non-hydrogen) atoms. The fraction of sp³-hybridized carbons (Fsp3) is 0.600. The van der Waals surface area contributed by atoms with E-state index in [1.165, 1.54) is 43.2 Å². The average molecular weight is 245 g/mol. The Balaban J connectivity index is 2.16. The molecule has 1 aromatic rings. The molecule has 1 heterocycles. The second-order valence-electron chi connectivity index (χ2n) is 4.94. The molecule has 0 amide bonds. The first-order valence-corrected chi connectivity index (χ1v) is 7.10. The van der Waals surface area contributed by atoms with E-state index in [-0.39, 0.29) is 0 Å². The van der Waals surface area contributed by atoms with Gasteiger partial charge < -0.3 is 5.32 Å². The van der Waals surface area contributed by atoms with Crippen LogP contribution in [0.4, 0.5) is 0 Å². The van der Waals surface area contributed by atoms with Gasteiger partial charge in [-0.25, -0.2) is 0 Å². The summed E-state index contributed by atoms with van der Waals surface area (Å²) in [6, 6.07) is 2.41. The highest BCUT2D eigenvalue weighted by atomic mass is 15.1. The summed E-state index contributed by atoms with van der Waals surface area (Å²) in [5.74, 6) is 0. The van der Waals surface area contributed by atoms with Gasteiger partial charge >= 0.3 is 0 Å². The van der Waals surface area contributed by atoms with Crippen LogP contribution in [-0.2, 0) is 0 Å². The molecule has 1 aliphatic rings. The number of nitrogens with one attached hydrogen (secondary N) is 1. The Morgan fingerprint density at radius 2 is 2.22 bits per heavy atom. The molecule has 0 spiro atoms. The molecular formula is C15H23N3. The van der Waals surface area contributed by atoms with Crippen LogP contribution in [0.3, 0.4) is 0 Å². The van der Waals surface area contributed by atoms with E-state index in [1.807, 2.05) is 6.20 Å². The highest BCUT2D eigenvalue weighted by molar-refractivity contribution is 5.25. The number of aromatic nitrogens is 2. The lowest BCUT2D eigenvalue weighted by Gasteiger charge is -2.21. The van der Waals surface area contributed by atoms with Crippen LogP contribution in [-0.4, -0.2) is 16.7 Å². The van der Waals surface area contributed by atoms with Gasteiger partial charge in [-0.15, -0.1) is 0 Å². The number of hydrogen-bond acceptors (Lipinski definition) is 3. The zero-order valence-corrected chi connectivity index (χ0v) is 11.2. The standard InChI is InChI=1S/C15H23N3/c1-2-10-16-15(14-9-11-17-18-12-14)13-7-5-3-4-6-8-13/h7,9,11-12,15-16H,2-6,8,10H2,1H3. The first-order chi connectivity index (χ1) is 8.92. The maximum atomic E-state index is 4.01. The van der Waals surface area contributed by atoms with Crippen LogP contribution < -0.4 is 5.32 Å². The number of nitrogens with zero attached hydrogens (tertiary/aromatic N) is 2. The highest BCUT2D eigenvalue weighted by Crippen LogP contribution is 2.28. The van der Waals surface area contributed by atoms with Gasteiger partial charge in [-0.1, -0.05) is 25.0 Å². The molecule has 0 aromatic carbocycles. The van der Waals surface area contributed by atoms with E-state index < -0.39 is 0 Å². The van der Waals surface area contributed by atoms with Gasteiger partial charge in [0.1, 0.15) is 0 Å². The van der Waals surface area contributed by atoms with Crippen LogP contribution in [0.15, 0.2) is 30.1 Å². The Labute approximate surface area is 110 Å². The van der Waals surface area contributed by atoms with Gasteiger partial charge in [0.05, 0.1) is 12.2 Å². The Hall–Kier alpha value is -1.22. The van der Waals surface area contributed by atoms with E-state index in [1.54, 1.807) is 6.20 Å². The largest absolute Gasteiger partial charge is 0.306 e. The Kier molecular flexibility index (Phi) is 5.34. The second-order valence-corrected chi connectivity index (χ2v) is 4.94. The molecule has 0 saturated carbocycles. The molecule has 0 saturated heterocycles. The molecule has 1 N–H and O–H groups in total. The fourth-order valence-corrected chi connectivity index (χ4v) is 2.53. The van der Waals surface area contributed by atoms with E-state index in [0.717, 1.165) is 13.0 Å². The van der Waals surface area contributed by atoms with Crippen LogP contribution in [0.2, 0.25) is 0 Å².